The van der Waals surface area contributed by atoms with Crippen molar-refractivity contribution in [2.75, 3.05) is 0 Å². The maximum absolute atomic E-state index is 5.21. The van der Waals surface area contributed by atoms with Gasteiger partial charge in [-0.05, 0) is 110 Å². The van der Waals surface area contributed by atoms with E-state index < -0.39 is 0 Å². The first-order valence-corrected chi connectivity index (χ1v) is 19.8. The van der Waals surface area contributed by atoms with Crippen molar-refractivity contribution in [2.24, 2.45) is 5.10 Å². The average molecular weight is 731 g/mol. The van der Waals surface area contributed by atoms with Crippen LogP contribution in [0, 0.1) is 0 Å². The lowest BCUT2D eigenvalue weighted by Crippen LogP contribution is -2.14. The Morgan fingerprint density at radius 3 is 1.72 bits per heavy atom. The van der Waals surface area contributed by atoms with Crippen LogP contribution in [0.3, 0.4) is 0 Å². The first-order chi connectivity index (χ1) is 28.0. The highest BCUT2D eigenvalue weighted by Crippen LogP contribution is 2.50. The Hall–Kier alpha value is -7.10. The van der Waals surface area contributed by atoms with E-state index in [0.29, 0.717) is 0 Å². The van der Waals surface area contributed by atoms with E-state index in [2.05, 4.69) is 217 Å². The summed E-state index contributed by atoms with van der Waals surface area (Å²) in [6.07, 6.45) is 0.766. The van der Waals surface area contributed by atoms with Crippen molar-refractivity contribution in [1.82, 2.24) is 4.57 Å². The Morgan fingerprint density at radius 1 is 0.456 bits per heavy atom. The molecule has 0 radical (unpaired) electrons. The van der Waals surface area contributed by atoms with Gasteiger partial charge in [0.05, 0.1) is 17.5 Å². The molecule has 0 atom stereocenters. The molecule has 0 saturated carbocycles. The summed E-state index contributed by atoms with van der Waals surface area (Å²) in [6.45, 7) is 4.72. The van der Waals surface area contributed by atoms with Crippen LogP contribution in [-0.4, -0.2) is 20.7 Å². The lowest BCUT2D eigenvalue weighted by molar-refractivity contribution is -0.441. The number of nitrogens with zero attached hydrogens (tertiary/aromatic N) is 3. The standard InChI is InChI=1S/C54H40N3/c1-54(2)48-22-12-9-19-44(48)45-30-27-39(34-49(45)54)41-31-40(32-43(33-41)56-51-23-13-10-20-46(51)47-21-11-14-24-52(47)56)36-25-28-42(29-26-36)57-53(38-17-7-4-8-18-38)35-50(55-57)37-15-5-3-6-16-37/h3-34H,35H2,1-2H3/q+1. The highest BCUT2D eigenvalue weighted by molar-refractivity contribution is 6.18. The highest BCUT2D eigenvalue weighted by Gasteiger charge is 2.35. The van der Waals surface area contributed by atoms with Crippen LogP contribution in [-0.2, 0) is 5.41 Å². The maximum atomic E-state index is 5.21. The number of benzene rings is 8. The van der Waals surface area contributed by atoms with E-state index in [4.69, 9.17) is 5.10 Å². The molecule has 2 heterocycles. The number of hydrogen-bond donors (Lipinski definition) is 0. The zero-order valence-corrected chi connectivity index (χ0v) is 32.0. The molecule has 0 amide bonds. The average Bonchev–Trinajstić information content (AvgIpc) is 3.93. The Morgan fingerprint density at radius 2 is 1.02 bits per heavy atom. The fourth-order valence-corrected chi connectivity index (χ4v) is 9.26. The topological polar surface area (TPSA) is 20.3 Å². The van der Waals surface area contributed by atoms with Crippen molar-refractivity contribution in [3.63, 3.8) is 0 Å². The molecule has 9 aromatic rings. The van der Waals surface area contributed by atoms with Crippen molar-refractivity contribution >= 4 is 38.9 Å². The molecular weight excluding hydrogens is 691 g/mol. The van der Waals surface area contributed by atoms with Gasteiger partial charge in [-0.1, -0.05) is 135 Å². The molecule has 3 nitrogen and oxygen atoms in total. The minimum absolute atomic E-state index is 0.0842. The lowest BCUT2D eigenvalue weighted by atomic mass is 9.81. The van der Waals surface area contributed by atoms with E-state index >= 15 is 0 Å². The second-order valence-electron chi connectivity index (χ2n) is 15.8. The molecule has 0 spiro atoms. The monoisotopic (exact) mass is 730 g/mol. The number of rotatable bonds is 6. The summed E-state index contributed by atoms with van der Waals surface area (Å²) < 4.78 is 4.57. The van der Waals surface area contributed by atoms with Gasteiger partial charge < -0.3 is 4.57 Å². The van der Waals surface area contributed by atoms with Gasteiger partial charge in [0.1, 0.15) is 5.71 Å². The summed E-state index contributed by atoms with van der Waals surface area (Å²) in [5, 5.41) is 7.73. The van der Waals surface area contributed by atoms with E-state index in [0.717, 1.165) is 34.6 Å². The zero-order valence-electron chi connectivity index (χ0n) is 32.0. The van der Waals surface area contributed by atoms with Gasteiger partial charge in [-0.3, -0.25) is 0 Å². The fourth-order valence-electron chi connectivity index (χ4n) is 9.26. The summed E-state index contributed by atoms with van der Waals surface area (Å²) in [4.78, 5) is 0. The Labute approximate surface area is 333 Å². The van der Waals surface area contributed by atoms with Crippen LogP contribution in [0.2, 0.25) is 0 Å². The summed E-state index contributed by atoms with van der Waals surface area (Å²) >= 11 is 0. The summed E-state index contributed by atoms with van der Waals surface area (Å²) in [6, 6.07) is 70.7. The van der Waals surface area contributed by atoms with Gasteiger partial charge >= 0.3 is 0 Å². The number of aromatic nitrogens is 1. The van der Waals surface area contributed by atoms with Crippen LogP contribution in [0.1, 0.15) is 42.5 Å². The van der Waals surface area contributed by atoms with E-state index in [9.17, 15) is 0 Å². The molecule has 11 rings (SSSR count). The predicted molar refractivity (Wildman–Crippen MR) is 237 cm³/mol. The smallest absolute Gasteiger partial charge is 0.238 e. The van der Waals surface area contributed by atoms with Crippen LogP contribution in [0.25, 0.3) is 60.9 Å². The molecule has 57 heavy (non-hydrogen) atoms. The first-order valence-electron chi connectivity index (χ1n) is 19.8. The molecule has 2 aliphatic rings. The van der Waals surface area contributed by atoms with Crippen LogP contribution in [0.4, 0.5) is 5.69 Å². The van der Waals surface area contributed by atoms with Crippen LogP contribution in [0.5, 0.6) is 0 Å². The second-order valence-corrected chi connectivity index (χ2v) is 15.8. The van der Waals surface area contributed by atoms with E-state index in [-0.39, 0.29) is 5.41 Å². The normalized spacial score (nSPS) is 14.2. The molecule has 270 valence electrons. The van der Waals surface area contributed by atoms with Crippen LogP contribution >= 0.6 is 0 Å². The van der Waals surface area contributed by atoms with Crippen LogP contribution < -0.4 is 0 Å². The largest absolute Gasteiger partial charge is 0.309 e. The fraction of sp³-hybridized carbons (Fsp3) is 0.0741. The maximum Gasteiger partial charge on any atom is 0.238 e. The summed E-state index contributed by atoms with van der Waals surface area (Å²) in [5.74, 6) is 0. The van der Waals surface area contributed by atoms with Gasteiger partial charge in [0.15, 0.2) is 0 Å². The molecule has 3 heteroatoms. The summed E-state index contributed by atoms with van der Waals surface area (Å²) in [7, 11) is 0. The van der Waals surface area contributed by atoms with Crippen molar-refractivity contribution < 1.29 is 4.68 Å². The van der Waals surface area contributed by atoms with Crippen LogP contribution in [0.15, 0.2) is 199 Å². The second kappa shape index (κ2) is 13.0. The molecule has 0 N–H and O–H groups in total. The van der Waals surface area contributed by atoms with Gasteiger partial charge in [-0.15, -0.1) is 0 Å². The van der Waals surface area contributed by atoms with E-state index in [1.807, 2.05) is 0 Å². The predicted octanol–water partition coefficient (Wildman–Crippen LogP) is 13.4. The van der Waals surface area contributed by atoms with Crippen molar-refractivity contribution in [2.45, 2.75) is 25.7 Å². The Balaban J connectivity index is 1.07. The highest BCUT2D eigenvalue weighted by atomic mass is 15.4. The molecule has 0 unspecified atom stereocenters. The van der Waals surface area contributed by atoms with Crippen molar-refractivity contribution in [3.05, 3.63) is 216 Å². The third-order valence-corrected chi connectivity index (χ3v) is 12.1. The van der Waals surface area contributed by atoms with Gasteiger partial charge in [-0.2, -0.15) is 0 Å². The van der Waals surface area contributed by atoms with Crippen molar-refractivity contribution in [1.29, 1.82) is 0 Å². The summed E-state index contributed by atoms with van der Waals surface area (Å²) in [5.41, 5.74) is 19.3. The molecule has 8 aromatic carbocycles. The third-order valence-electron chi connectivity index (χ3n) is 12.1. The van der Waals surface area contributed by atoms with Gasteiger partial charge in [0.2, 0.25) is 11.4 Å². The minimum atomic E-state index is -0.0842. The minimum Gasteiger partial charge on any atom is -0.309 e. The molecule has 0 saturated heterocycles. The number of para-hydroxylation sites is 2. The SMILES string of the molecule is CC1(C)c2ccccc2-c2ccc(-c3cc(-c4ccc([N+]5=C(c6ccccc6)CC(c6ccccc6)=N5)cc4)cc(-n4c5ccccc5c5ccccc54)c3)cc21. The number of hydrazone groups is 1. The molecule has 0 fully saturated rings. The van der Waals surface area contributed by atoms with Gasteiger partial charge in [-0.25, -0.2) is 0 Å². The quantitative estimate of drug-likeness (QED) is 0.152. The Kier molecular flexibility index (Phi) is 7.58. The van der Waals surface area contributed by atoms with Crippen molar-refractivity contribution in [3.8, 4) is 39.1 Å². The third kappa shape index (κ3) is 5.42. The Bertz CT molecular complexity index is 3040. The molecule has 1 aliphatic heterocycles. The van der Waals surface area contributed by atoms with Gasteiger partial charge in [0.25, 0.3) is 0 Å². The van der Waals surface area contributed by atoms with E-state index in [1.165, 1.54) is 72.0 Å². The molecule has 0 bridgehead atoms. The number of fused-ring (bicyclic) bond motifs is 6. The number of hydrogen-bond acceptors (Lipinski definition) is 1. The van der Waals surface area contributed by atoms with Gasteiger partial charge in [0, 0.05) is 50.2 Å². The molecule has 1 aromatic heterocycles. The molecular formula is C54H40N3+. The van der Waals surface area contributed by atoms with E-state index in [1.54, 1.807) is 0 Å². The first kappa shape index (κ1) is 33.3. The lowest BCUT2D eigenvalue weighted by Gasteiger charge is -2.22. The zero-order chi connectivity index (χ0) is 38.1. The molecule has 1 aliphatic carbocycles.